The van der Waals surface area contributed by atoms with E-state index in [1.807, 2.05) is 6.92 Å². The number of amides is 1. The summed E-state index contributed by atoms with van der Waals surface area (Å²) >= 11 is 1.34. The summed E-state index contributed by atoms with van der Waals surface area (Å²) in [4.78, 5) is 25.9. The second kappa shape index (κ2) is 4.41. The maximum atomic E-state index is 11.0. The van der Waals surface area contributed by atoms with Crippen LogP contribution >= 0.6 is 11.8 Å². The first-order chi connectivity index (χ1) is 6.08. The van der Waals surface area contributed by atoms with Gasteiger partial charge in [-0.1, -0.05) is 0 Å². The van der Waals surface area contributed by atoms with Gasteiger partial charge in [-0.25, -0.2) is 0 Å². The highest BCUT2D eigenvalue weighted by atomic mass is 32.2. The van der Waals surface area contributed by atoms with E-state index in [4.69, 9.17) is 0 Å². The first-order valence-corrected chi connectivity index (χ1v) is 5.06. The van der Waals surface area contributed by atoms with Gasteiger partial charge < -0.3 is 5.32 Å². The van der Waals surface area contributed by atoms with Crippen molar-refractivity contribution in [2.45, 2.75) is 25.8 Å². The van der Waals surface area contributed by atoms with Gasteiger partial charge in [-0.2, -0.15) is 0 Å². The zero-order valence-corrected chi connectivity index (χ0v) is 8.48. The average molecular weight is 200 g/mol. The van der Waals surface area contributed by atoms with Crippen LogP contribution in [0, 0.1) is 0 Å². The Morgan fingerprint density at radius 3 is 3.00 bits per heavy atom. The van der Waals surface area contributed by atoms with E-state index in [1.54, 1.807) is 0 Å². The molecule has 0 saturated heterocycles. The molecule has 72 valence electrons. The van der Waals surface area contributed by atoms with E-state index < -0.39 is 0 Å². The third-order valence-corrected chi connectivity index (χ3v) is 2.60. The minimum Gasteiger partial charge on any atom is -0.325 e. The fraction of sp³-hybridized carbons (Fsp3) is 0.625. The van der Waals surface area contributed by atoms with Crippen molar-refractivity contribution < 1.29 is 9.59 Å². The van der Waals surface area contributed by atoms with E-state index in [-0.39, 0.29) is 17.2 Å². The molecule has 1 aliphatic heterocycles. The van der Waals surface area contributed by atoms with Gasteiger partial charge in [-0.15, -0.1) is 11.8 Å². The summed E-state index contributed by atoms with van der Waals surface area (Å²) in [6.45, 7) is 3.34. The first kappa shape index (κ1) is 10.2. The predicted octanol–water partition coefficient (Wildman–Crippen LogP) is 0.573. The van der Waals surface area contributed by atoms with Crippen molar-refractivity contribution in [2.24, 2.45) is 4.99 Å². The first-order valence-electron chi connectivity index (χ1n) is 4.01. The molecule has 1 N–H and O–H groups in total. The molecule has 0 aromatic rings. The van der Waals surface area contributed by atoms with Crippen LogP contribution in [0.4, 0.5) is 0 Å². The van der Waals surface area contributed by atoms with Crippen LogP contribution in [0.5, 0.6) is 0 Å². The predicted molar refractivity (Wildman–Crippen MR) is 52.8 cm³/mol. The Hall–Kier alpha value is -0.840. The summed E-state index contributed by atoms with van der Waals surface area (Å²) in [5, 5.41) is 2.69. The van der Waals surface area contributed by atoms with Gasteiger partial charge in [0.15, 0.2) is 5.50 Å². The number of hydrogen-bond acceptors (Lipinski definition) is 4. The second-order valence-electron chi connectivity index (χ2n) is 2.97. The van der Waals surface area contributed by atoms with Crippen LogP contribution in [0.2, 0.25) is 0 Å². The maximum absolute atomic E-state index is 11.0. The summed E-state index contributed by atoms with van der Waals surface area (Å²) in [6, 6.07) is 0. The molecule has 0 bridgehead atoms. The molecule has 0 aromatic carbocycles. The summed E-state index contributed by atoms with van der Waals surface area (Å²) in [5.74, 6) is 0.466. The van der Waals surface area contributed by atoms with E-state index in [9.17, 15) is 9.59 Å². The van der Waals surface area contributed by atoms with Crippen LogP contribution in [0.3, 0.4) is 0 Å². The van der Waals surface area contributed by atoms with Crippen LogP contribution < -0.4 is 5.32 Å². The summed E-state index contributed by atoms with van der Waals surface area (Å²) in [5.41, 5.74) is 0.551. The Labute approximate surface area is 81.2 Å². The van der Waals surface area contributed by atoms with Gasteiger partial charge in [0.05, 0.1) is 12.2 Å². The Bertz CT molecular complexity index is 263. The summed E-state index contributed by atoms with van der Waals surface area (Å²) in [7, 11) is 0. The van der Waals surface area contributed by atoms with Crippen LogP contribution in [0.15, 0.2) is 4.99 Å². The van der Waals surface area contributed by atoms with Gasteiger partial charge in [-0.05, 0) is 13.8 Å². The summed E-state index contributed by atoms with van der Waals surface area (Å²) < 4.78 is 0. The Kier molecular flexibility index (Phi) is 3.48. The van der Waals surface area contributed by atoms with Crippen LogP contribution in [-0.4, -0.2) is 28.7 Å². The number of aliphatic imine (C=N–C) groups is 1. The molecule has 1 atom stereocenters. The normalized spacial score (nSPS) is 22.2. The monoisotopic (exact) mass is 200 g/mol. The fourth-order valence-electron chi connectivity index (χ4n) is 0.974. The second-order valence-corrected chi connectivity index (χ2v) is 4.04. The lowest BCUT2D eigenvalue weighted by atomic mass is 10.2. The Morgan fingerprint density at radius 1 is 1.77 bits per heavy atom. The zero-order valence-electron chi connectivity index (χ0n) is 7.66. The van der Waals surface area contributed by atoms with Crippen LogP contribution in [0.1, 0.15) is 20.3 Å². The van der Waals surface area contributed by atoms with Gasteiger partial charge in [0.2, 0.25) is 5.91 Å². The van der Waals surface area contributed by atoms with E-state index in [2.05, 4.69) is 10.3 Å². The van der Waals surface area contributed by atoms with Crippen molar-refractivity contribution in [3.8, 4) is 0 Å². The van der Waals surface area contributed by atoms with Crippen molar-refractivity contribution in [1.82, 2.24) is 5.32 Å². The molecule has 0 saturated carbocycles. The number of ketones is 1. The number of nitrogens with zero attached hydrogens (tertiary/aromatic N) is 1. The van der Waals surface area contributed by atoms with Crippen molar-refractivity contribution in [3.63, 3.8) is 0 Å². The van der Waals surface area contributed by atoms with E-state index in [0.717, 1.165) is 5.71 Å². The van der Waals surface area contributed by atoms with Crippen molar-refractivity contribution in [3.05, 3.63) is 0 Å². The SMILES string of the molecule is CC(=O)CSC1N=C(C)CC(=O)N1. The van der Waals surface area contributed by atoms with Gasteiger partial charge >= 0.3 is 0 Å². The van der Waals surface area contributed by atoms with Crippen molar-refractivity contribution in [2.75, 3.05) is 5.75 Å². The minimum absolute atomic E-state index is 0.0199. The Balaban J connectivity index is 2.46. The summed E-state index contributed by atoms with van der Waals surface area (Å²) in [6.07, 6.45) is 0.372. The standard InChI is InChI=1S/C8H12N2O2S/c1-5-3-7(12)10-8(9-5)13-4-6(2)11/h8H,3-4H2,1-2H3,(H,10,12). The van der Waals surface area contributed by atoms with E-state index in [0.29, 0.717) is 12.2 Å². The number of carbonyl (C=O) groups excluding carboxylic acids is 2. The lowest BCUT2D eigenvalue weighted by Gasteiger charge is -2.19. The molecular weight excluding hydrogens is 188 g/mol. The van der Waals surface area contributed by atoms with E-state index in [1.165, 1.54) is 18.7 Å². The van der Waals surface area contributed by atoms with Gasteiger partial charge in [0.25, 0.3) is 0 Å². The molecule has 0 aromatic heterocycles. The smallest absolute Gasteiger partial charge is 0.227 e. The van der Waals surface area contributed by atoms with Gasteiger partial charge in [0.1, 0.15) is 5.78 Å². The molecule has 5 heteroatoms. The highest BCUT2D eigenvalue weighted by Crippen LogP contribution is 2.13. The van der Waals surface area contributed by atoms with Crippen molar-refractivity contribution >= 4 is 29.2 Å². The number of thioether (sulfide) groups is 1. The van der Waals surface area contributed by atoms with Crippen molar-refractivity contribution in [1.29, 1.82) is 0 Å². The molecule has 1 unspecified atom stereocenters. The number of Topliss-reactive ketones (excluding diaryl/α,β-unsaturated/α-hetero) is 1. The lowest BCUT2D eigenvalue weighted by Crippen LogP contribution is -2.37. The van der Waals surface area contributed by atoms with Crippen LogP contribution in [-0.2, 0) is 9.59 Å². The quantitative estimate of drug-likeness (QED) is 0.724. The van der Waals surface area contributed by atoms with E-state index >= 15 is 0 Å². The minimum atomic E-state index is -0.273. The average Bonchev–Trinajstić information content (AvgIpc) is 1.99. The highest BCUT2D eigenvalue weighted by molar-refractivity contribution is 8.00. The number of nitrogens with one attached hydrogen (secondary N) is 1. The molecule has 0 aliphatic carbocycles. The molecule has 0 radical (unpaired) electrons. The lowest BCUT2D eigenvalue weighted by molar-refractivity contribution is -0.120. The third-order valence-electron chi connectivity index (χ3n) is 1.48. The molecule has 1 heterocycles. The topological polar surface area (TPSA) is 58.5 Å². The largest absolute Gasteiger partial charge is 0.325 e. The molecule has 4 nitrogen and oxygen atoms in total. The fourth-order valence-corrected chi connectivity index (χ4v) is 1.84. The molecular formula is C8H12N2O2S. The number of rotatable bonds is 3. The number of carbonyl (C=O) groups is 2. The molecule has 0 spiro atoms. The third kappa shape index (κ3) is 3.59. The number of hydrogen-bond donors (Lipinski definition) is 1. The molecule has 1 amide bonds. The van der Waals surface area contributed by atoms with Crippen LogP contribution in [0.25, 0.3) is 0 Å². The van der Waals surface area contributed by atoms with Gasteiger partial charge in [0, 0.05) is 5.71 Å². The zero-order chi connectivity index (χ0) is 9.84. The molecule has 1 aliphatic rings. The molecule has 1 rings (SSSR count). The van der Waals surface area contributed by atoms with Gasteiger partial charge in [-0.3, -0.25) is 14.6 Å². The maximum Gasteiger partial charge on any atom is 0.227 e. The highest BCUT2D eigenvalue weighted by Gasteiger charge is 2.18. The molecule has 0 fully saturated rings. The molecule has 13 heavy (non-hydrogen) atoms. The Morgan fingerprint density at radius 2 is 2.46 bits per heavy atom.